The Morgan fingerprint density at radius 3 is 2.74 bits per heavy atom. The van der Waals surface area contributed by atoms with E-state index >= 15 is 0 Å². The Bertz CT molecular complexity index is 935. The zero-order valence-electron chi connectivity index (χ0n) is 12.2. The molecule has 0 radical (unpaired) electrons. The highest BCUT2D eigenvalue weighted by Crippen LogP contribution is 2.37. The number of hydrogen-bond donors (Lipinski definition) is 2. The number of nitrogen functional groups attached to an aromatic ring is 1. The number of benzene rings is 2. The largest absolute Gasteiger partial charge is 0.454 e. The van der Waals surface area contributed by atoms with Gasteiger partial charge in [0, 0.05) is 23.4 Å². The van der Waals surface area contributed by atoms with Crippen molar-refractivity contribution in [2.24, 2.45) is 5.73 Å². The smallest absolute Gasteiger partial charge is 0.231 e. The minimum Gasteiger partial charge on any atom is -0.454 e. The van der Waals surface area contributed by atoms with Gasteiger partial charge in [-0.05, 0) is 12.1 Å². The Balaban J connectivity index is 1.97. The maximum atomic E-state index is 5.89. The molecule has 0 saturated heterocycles. The highest BCUT2D eigenvalue weighted by Gasteiger charge is 2.20. The van der Waals surface area contributed by atoms with Gasteiger partial charge in [0.05, 0.1) is 22.6 Å². The summed E-state index contributed by atoms with van der Waals surface area (Å²) in [6, 6.07) is 11.3. The van der Waals surface area contributed by atoms with Crippen LogP contribution in [0.25, 0.3) is 22.4 Å². The van der Waals surface area contributed by atoms with Crippen molar-refractivity contribution in [2.45, 2.75) is 6.54 Å². The van der Waals surface area contributed by atoms with Gasteiger partial charge in [-0.3, -0.25) is 0 Å². The van der Waals surface area contributed by atoms with E-state index in [1.54, 1.807) is 0 Å². The Morgan fingerprint density at radius 1 is 1.22 bits per heavy atom. The SMILES string of the molecule is NC(=S)Cn1c(-c2cccc(N)c2)nc2cc3c(cc21)OCO3. The van der Waals surface area contributed by atoms with Crippen LogP contribution in [0.2, 0.25) is 0 Å². The number of nitrogens with two attached hydrogens (primary N) is 2. The van der Waals surface area contributed by atoms with E-state index in [1.807, 2.05) is 41.0 Å². The predicted molar refractivity (Wildman–Crippen MR) is 92.5 cm³/mol. The summed E-state index contributed by atoms with van der Waals surface area (Å²) in [6.07, 6.45) is 0. The normalized spacial score (nSPS) is 12.7. The molecule has 0 bridgehead atoms. The lowest BCUT2D eigenvalue weighted by Gasteiger charge is -2.09. The van der Waals surface area contributed by atoms with Crippen LogP contribution in [0.3, 0.4) is 0 Å². The van der Waals surface area contributed by atoms with Gasteiger partial charge in [0.25, 0.3) is 0 Å². The third-order valence-corrected chi connectivity index (χ3v) is 3.83. The fourth-order valence-corrected chi connectivity index (χ4v) is 2.86. The van der Waals surface area contributed by atoms with Crippen LogP contribution in [0, 0.1) is 0 Å². The molecular weight excluding hydrogens is 312 g/mol. The zero-order chi connectivity index (χ0) is 16.0. The summed E-state index contributed by atoms with van der Waals surface area (Å²) in [4.78, 5) is 5.09. The van der Waals surface area contributed by atoms with Crippen LogP contribution in [0.15, 0.2) is 36.4 Å². The van der Waals surface area contributed by atoms with Crippen LogP contribution in [0.1, 0.15) is 0 Å². The molecule has 0 saturated carbocycles. The number of nitrogens with zero attached hydrogens (tertiary/aromatic N) is 2. The van der Waals surface area contributed by atoms with E-state index in [0.717, 1.165) is 22.4 Å². The molecular formula is C16H14N4O2S. The summed E-state index contributed by atoms with van der Waals surface area (Å²) in [5.41, 5.74) is 14.9. The average Bonchev–Trinajstić information content (AvgIpc) is 3.09. The molecule has 0 fully saturated rings. The first-order valence-electron chi connectivity index (χ1n) is 7.06. The van der Waals surface area contributed by atoms with Crippen molar-refractivity contribution in [3.8, 4) is 22.9 Å². The molecule has 0 amide bonds. The summed E-state index contributed by atoms with van der Waals surface area (Å²) >= 11 is 5.09. The van der Waals surface area contributed by atoms with E-state index in [-0.39, 0.29) is 6.79 Å². The molecule has 1 aromatic heterocycles. The van der Waals surface area contributed by atoms with Gasteiger partial charge in [0.2, 0.25) is 6.79 Å². The Hall–Kier alpha value is -2.80. The summed E-state index contributed by atoms with van der Waals surface area (Å²) < 4.78 is 12.8. The molecule has 4 rings (SSSR count). The molecule has 0 unspecified atom stereocenters. The molecule has 1 aliphatic rings. The van der Waals surface area contributed by atoms with Gasteiger partial charge < -0.3 is 25.5 Å². The molecule has 4 N–H and O–H groups in total. The van der Waals surface area contributed by atoms with Crippen LogP contribution in [0.4, 0.5) is 5.69 Å². The van der Waals surface area contributed by atoms with Gasteiger partial charge in [-0.15, -0.1) is 0 Å². The molecule has 0 aliphatic carbocycles. The first-order chi connectivity index (χ1) is 11.1. The first-order valence-corrected chi connectivity index (χ1v) is 7.47. The van der Waals surface area contributed by atoms with Crippen molar-refractivity contribution in [1.29, 1.82) is 0 Å². The molecule has 116 valence electrons. The molecule has 3 aromatic rings. The fourth-order valence-electron chi connectivity index (χ4n) is 2.73. The molecule has 0 atom stereocenters. The second-order valence-electron chi connectivity index (χ2n) is 5.31. The monoisotopic (exact) mass is 326 g/mol. The van der Waals surface area contributed by atoms with Crippen molar-refractivity contribution < 1.29 is 9.47 Å². The van der Waals surface area contributed by atoms with Crippen LogP contribution in [0.5, 0.6) is 11.5 Å². The molecule has 7 heteroatoms. The summed E-state index contributed by atoms with van der Waals surface area (Å²) in [5.74, 6) is 2.14. The molecule has 2 heterocycles. The Labute approximate surface area is 137 Å². The number of rotatable bonds is 3. The summed E-state index contributed by atoms with van der Waals surface area (Å²) in [6.45, 7) is 0.606. The van der Waals surface area contributed by atoms with E-state index in [4.69, 9.17) is 38.1 Å². The lowest BCUT2D eigenvalue weighted by atomic mass is 10.2. The number of thiocarbonyl (C=S) groups is 1. The number of hydrogen-bond acceptors (Lipinski definition) is 5. The summed E-state index contributed by atoms with van der Waals surface area (Å²) in [7, 11) is 0. The van der Waals surface area contributed by atoms with Gasteiger partial charge in [0.15, 0.2) is 11.5 Å². The topological polar surface area (TPSA) is 88.3 Å². The van der Waals surface area contributed by atoms with Gasteiger partial charge in [-0.25, -0.2) is 4.98 Å². The number of ether oxygens (including phenoxy) is 2. The lowest BCUT2D eigenvalue weighted by Crippen LogP contribution is -2.17. The standard InChI is InChI=1S/C16H14N4O2S/c17-10-3-1-2-9(4-10)16-19-11-5-13-14(22-8-21-13)6-12(11)20(16)7-15(18)23/h1-6H,7-8,17H2,(H2,18,23). The van der Waals surface area contributed by atoms with E-state index in [9.17, 15) is 0 Å². The third kappa shape index (κ3) is 2.35. The molecule has 6 nitrogen and oxygen atoms in total. The van der Waals surface area contributed by atoms with E-state index in [0.29, 0.717) is 28.7 Å². The van der Waals surface area contributed by atoms with Crippen molar-refractivity contribution in [1.82, 2.24) is 9.55 Å². The van der Waals surface area contributed by atoms with Gasteiger partial charge >= 0.3 is 0 Å². The summed E-state index contributed by atoms with van der Waals surface area (Å²) in [5, 5.41) is 0. The quantitative estimate of drug-likeness (QED) is 0.567. The fraction of sp³-hybridized carbons (Fsp3) is 0.125. The number of fused-ring (bicyclic) bond motifs is 2. The second-order valence-corrected chi connectivity index (χ2v) is 5.83. The van der Waals surface area contributed by atoms with Crippen molar-refractivity contribution >= 4 is 33.9 Å². The van der Waals surface area contributed by atoms with E-state index in [2.05, 4.69) is 0 Å². The number of imidazole rings is 1. The Kier molecular flexibility index (Phi) is 3.09. The molecule has 0 spiro atoms. The van der Waals surface area contributed by atoms with E-state index in [1.165, 1.54) is 0 Å². The molecule has 23 heavy (non-hydrogen) atoms. The van der Waals surface area contributed by atoms with Crippen LogP contribution in [-0.4, -0.2) is 21.3 Å². The lowest BCUT2D eigenvalue weighted by molar-refractivity contribution is 0.174. The zero-order valence-corrected chi connectivity index (χ0v) is 13.0. The van der Waals surface area contributed by atoms with Crippen molar-refractivity contribution in [3.05, 3.63) is 36.4 Å². The first kappa shape index (κ1) is 13.8. The average molecular weight is 326 g/mol. The number of anilines is 1. The highest BCUT2D eigenvalue weighted by molar-refractivity contribution is 7.80. The molecule has 2 aromatic carbocycles. The van der Waals surface area contributed by atoms with Crippen LogP contribution < -0.4 is 20.9 Å². The van der Waals surface area contributed by atoms with E-state index < -0.39 is 0 Å². The second kappa shape index (κ2) is 5.13. The Morgan fingerprint density at radius 2 is 2.00 bits per heavy atom. The van der Waals surface area contributed by atoms with Gasteiger partial charge in [-0.1, -0.05) is 24.4 Å². The maximum Gasteiger partial charge on any atom is 0.231 e. The van der Waals surface area contributed by atoms with Crippen molar-refractivity contribution in [3.63, 3.8) is 0 Å². The predicted octanol–water partition coefficient (Wildman–Crippen LogP) is 2.30. The minimum atomic E-state index is 0.222. The molecule has 1 aliphatic heterocycles. The number of aromatic nitrogens is 2. The highest BCUT2D eigenvalue weighted by atomic mass is 32.1. The van der Waals surface area contributed by atoms with Crippen molar-refractivity contribution in [2.75, 3.05) is 12.5 Å². The van der Waals surface area contributed by atoms with Gasteiger partial charge in [-0.2, -0.15) is 0 Å². The minimum absolute atomic E-state index is 0.222. The van der Waals surface area contributed by atoms with Crippen LogP contribution >= 0.6 is 12.2 Å². The third-order valence-electron chi connectivity index (χ3n) is 3.70. The van der Waals surface area contributed by atoms with Crippen LogP contribution in [-0.2, 0) is 6.54 Å². The maximum absolute atomic E-state index is 5.89. The van der Waals surface area contributed by atoms with Gasteiger partial charge in [0.1, 0.15) is 5.82 Å².